The molecule has 1 aromatic heterocycles. The van der Waals surface area contributed by atoms with E-state index in [0.29, 0.717) is 11.5 Å². The average Bonchev–Trinajstić information content (AvgIpc) is 2.47. The number of carbonyl (C=O) groups excluding carboxylic acids is 1. The smallest absolute Gasteiger partial charge is 0.279 e. The van der Waals surface area contributed by atoms with Crippen LogP contribution < -0.4 is 10.5 Å². The summed E-state index contributed by atoms with van der Waals surface area (Å²) in [4.78, 5) is 9.84. The molecule has 0 unspecified atom stereocenters. The van der Waals surface area contributed by atoms with Crippen molar-refractivity contribution in [1.82, 2.24) is 9.59 Å². The van der Waals surface area contributed by atoms with E-state index in [9.17, 15) is 13.6 Å². The number of rotatable bonds is 4. The van der Waals surface area contributed by atoms with Crippen LogP contribution in [-0.2, 0) is 4.79 Å². The maximum absolute atomic E-state index is 12.1. The second kappa shape index (κ2) is 4.08. The maximum Gasteiger partial charge on any atom is 0.279 e. The van der Waals surface area contributed by atoms with Gasteiger partial charge in [-0.3, -0.25) is 4.79 Å². The van der Waals surface area contributed by atoms with Crippen LogP contribution in [0.2, 0.25) is 0 Å². The number of hydrogen-bond acceptors (Lipinski definition) is 5. The van der Waals surface area contributed by atoms with Crippen LogP contribution in [0, 0.1) is 0 Å². The van der Waals surface area contributed by atoms with Gasteiger partial charge in [-0.1, -0.05) is 9.59 Å². The fourth-order valence-electron chi connectivity index (χ4n) is 0.562. The third-order valence-corrected chi connectivity index (χ3v) is 1.74. The van der Waals surface area contributed by atoms with Crippen LogP contribution in [0.3, 0.4) is 0 Å². The molecule has 13 heavy (non-hydrogen) atoms. The lowest BCUT2D eigenvalue weighted by atomic mass is 10.5. The van der Waals surface area contributed by atoms with Gasteiger partial charge in [-0.25, -0.2) is 8.78 Å². The summed E-state index contributed by atoms with van der Waals surface area (Å²) in [5.41, 5.74) is 4.74. The highest BCUT2D eigenvalue weighted by molar-refractivity contribution is 7.05. The lowest BCUT2D eigenvalue weighted by Gasteiger charge is -2.00. The molecule has 0 radical (unpaired) electrons. The fraction of sp³-hybridized carbons (Fsp3) is 0.400. The first-order valence-electron chi connectivity index (χ1n) is 3.12. The summed E-state index contributed by atoms with van der Waals surface area (Å²) in [7, 11) is 0. The number of primary amides is 1. The highest BCUT2D eigenvalue weighted by Crippen LogP contribution is 2.29. The van der Waals surface area contributed by atoms with Gasteiger partial charge in [0.05, 0.1) is 0 Å². The standard InChI is InChI=1S/C5H5F2N3O2S/c6-4(7)3-5(9-10-13-3)12-1-2(8)11/h4H,1H2,(H2,8,11). The normalized spacial score (nSPS) is 10.4. The predicted molar refractivity (Wildman–Crippen MR) is 39.6 cm³/mol. The molecule has 0 atom stereocenters. The van der Waals surface area contributed by atoms with Crippen LogP contribution >= 0.6 is 11.5 Å². The third kappa shape index (κ3) is 2.58. The van der Waals surface area contributed by atoms with Gasteiger partial charge in [-0.05, 0) is 11.5 Å². The number of alkyl halides is 2. The minimum atomic E-state index is -2.71. The Morgan fingerprint density at radius 1 is 1.69 bits per heavy atom. The number of nitrogens with zero attached hydrogens (tertiary/aromatic N) is 2. The van der Waals surface area contributed by atoms with Crippen LogP contribution in [0.4, 0.5) is 8.78 Å². The van der Waals surface area contributed by atoms with Crippen LogP contribution in [0.1, 0.15) is 11.3 Å². The summed E-state index contributed by atoms with van der Waals surface area (Å²) >= 11 is 0.521. The van der Waals surface area contributed by atoms with E-state index in [4.69, 9.17) is 5.73 Å². The molecule has 5 nitrogen and oxygen atoms in total. The summed E-state index contributed by atoms with van der Waals surface area (Å²) in [5, 5.41) is 3.27. The van der Waals surface area contributed by atoms with Crippen molar-refractivity contribution < 1.29 is 18.3 Å². The Hall–Kier alpha value is -1.31. The van der Waals surface area contributed by atoms with E-state index < -0.39 is 23.8 Å². The first-order chi connectivity index (χ1) is 6.11. The van der Waals surface area contributed by atoms with Crippen molar-refractivity contribution in [2.24, 2.45) is 5.73 Å². The molecule has 0 spiro atoms. The third-order valence-electron chi connectivity index (χ3n) is 1.03. The first-order valence-corrected chi connectivity index (χ1v) is 3.90. The molecule has 0 aliphatic heterocycles. The molecule has 0 saturated carbocycles. The number of hydrogen-bond donors (Lipinski definition) is 1. The van der Waals surface area contributed by atoms with Crippen molar-refractivity contribution in [2.45, 2.75) is 6.43 Å². The van der Waals surface area contributed by atoms with Crippen LogP contribution in [0.25, 0.3) is 0 Å². The zero-order chi connectivity index (χ0) is 9.84. The van der Waals surface area contributed by atoms with E-state index >= 15 is 0 Å². The van der Waals surface area contributed by atoms with Crippen molar-refractivity contribution in [1.29, 1.82) is 0 Å². The minimum absolute atomic E-state index is 0.334. The van der Waals surface area contributed by atoms with Crippen LogP contribution in [0.15, 0.2) is 0 Å². The lowest BCUT2D eigenvalue weighted by Crippen LogP contribution is -2.20. The molecule has 1 amide bonds. The Kier molecular flexibility index (Phi) is 3.07. The van der Waals surface area contributed by atoms with E-state index in [2.05, 4.69) is 14.3 Å². The molecule has 1 heterocycles. The minimum Gasteiger partial charge on any atom is -0.466 e. The van der Waals surface area contributed by atoms with Gasteiger partial charge < -0.3 is 10.5 Å². The zero-order valence-electron chi connectivity index (χ0n) is 6.24. The molecule has 2 N–H and O–H groups in total. The molecule has 0 aliphatic rings. The molecule has 0 aromatic carbocycles. The molecule has 1 aromatic rings. The SMILES string of the molecule is NC(=O)COc1nnsc1C(F)F. The summed E-state index contributed by atoms with van der Waals surface area (Å²) in [6.07, 6.45) is -2.71. The second-order valence-electron chi connectivity index (χ2n) is 2.00. The first kappa shape index (κ1) is 9.78. The highest BCUT2D eigenvalue weighted by atomic mass is 32.1. The Bertz CT molecular complexity index is 304. The van der Waals surface area contributed by atoms with E-state index in [1.807, 2.05) is 0 Å². The van der Waals surface area contributed by atoms with E-state index in [1.54, 1.807) is 0 Å². The van der Waals surface area contributed by atoms with Crippen molar-refractivity contribution in [2.75, 3.05) is 6.61 Å². The number of aromatic nitrogens is 2. The molecule has 0 fully saturated rings. The molecule has 0 aliphatic carbocycles. The zero-order valence-corrected chi connectivity index (χ0v) is 7.05. The maximum atomic E-state index is 12.1. The molecular formula is C5H5F2N3O2S. The average molecular weight is 209 g/mol. The largest absolute Gasteiger partial charge is 0.466 e. The molecular weight excluding hydrogens is 204 g/mol. The molecule has 72 valence electrons. The van der Waals surface area contributed by atoms with E-state index in [1.165, 1.54) is 0 Å². The van der Waals surface area contributed by atoms with Crippen LogP contribution in [0.5, 0.6) is 5.88 Å². The van der Waals surface area contributed by atoms with Crippen molar-refractivity contribution in [3.63, 3.8) is 0 Å². The van der Waals surface area contributed by atoms with Crippen molar-refractivity contribution >= 4 is 17.4 Å². The van der Waals surface area contributed by atoms with Gasteiger partial charge in [0.25, 0.3) is 18.2 Å². The Morgan fingerprint density at radius 2 is 2.38 bits per heavy atom. The monoisotopic (exact) mass is 209 g/mol. The van der Waals surface area contributed by atoms with Gasteiger partial charge >= 0.3 is 0 Å². The van der Waals surface area contributed by atoms with Gasteiger partial charge in [0.15, 0.2) is 11.5 Å². The van der Waals surface area contributed by atoms with Gasteiger partial charge in [0.1, 0.15) is 0 Å². The Morgan fingerprint density at radius 3 is 2.92 bits per heavy atom. The lowest BCUT2D eigenvalue weighted by molar-refractivity contribution is -0.120. The van der Waals surface area contributed by atoms with Gasteiger partial charge in [-0.2, -0.15) is 0 Å². The summed E-state index contributed by atoms with van der Waals surface area (Å²) < 4.78 is 32.1. The van der Waals surface area contributed by atoms with Gasteiger partial charge in [0, 0.05) is 0 Å². The molecule has 0 bridgehead atoms. The topological polar surface area (TPSA) is 78.1 Å². The number of amides is 1. The second-order valence-corrected chi connectivity index (χ2v) is 2.78. The highest BCUT2D eigenvalue weighted by Gasteiger charge is 2.19. The van der Waals surface area contributed by atoms with Crippen molar-refractivity contribution in [3.8, 4) is 5.88 Å². The molecule has 1 rings (SSSR count). The molecule has 0 saturated heterocycles. The Balaban J connectivity index is 2.65. The summed E-state index contributed by atoms with van der Waals surface area (Å²) in [6, 6.07) is 0. The predicted octanol–water partition coefficient (Wildman–Crippen LogP) is 0.340. The van der Waals surface area contributed by atoms with E-state index in [0.717, 1.165) is 0 Å². The number of nitrogens with two attached hydrogens (primary N) is 1. The fourth-order valence-corrected chi connectivity index (χ4v) is 1.02. The summed E-state index contributed by atoms with van der Waals surface area (Å²) in [5.74, 6) is -1.09. The summed E-state index contributed by atoms with van der Waals surface area (Å²) in [6.45, 7) is -0.481. The van der Waals surface area contributed by atoms with Crippen molar-refractivity contribution in [3.05, 3.63) is 4.88 Å². The van der Waals surface area contributed by atoms with Gasteiger partial charge in [0.2, 0.25) is 0 Å². The molecule has 8 heteroatoms. The number of ether oxygens (including phenoxy) is 1. The number of halogens is 2. The quantitative estimate of drug-likeness (QED) is 0.775. The van der Waals surface area contributed by atoms with Gasteiger partial charge in [-0.15, -0.1) is 0 Å². The van der Waals surface area contributed by atoms with E-state index in [-0.39, 0.29) is 5.88 Å². The number of carbonyl (C=O) groups is 1. The Labute approximate surface area is 75.7 Å². The van der Waals surface area contributed by atoms with Crippen LogP contribution in [-0.4, -0.2) is 22.1 Å².